The molecule has 144 valence electrons. The molecule has 1 saturated heterocycles. The van der Waals surface area contributed by atoms with Crippen molar-refractivity contribution in [2.75, 3.05) is 24.5 Å². The molecule has 28 heavy (non-hydrogen) atoms. The van der Waals surface area contributed by atoms with Crippen LogP contribution in [0.2, 0.25) is 0 Å². The molecule has 1 N–H and O–H groups in total. The second-order valence-corrected chi connectivity index (χ2v) is 7.84. The van der Waals surface area contributed by atoms with Gasteiger partial charge in [-0.15, -0.1) is 5.10 Å². The fraction of sp³-hybridized carbons (Fsp3) is 0.429. The number of imidazole rings is 1. The molecule has 3 aromatic heterocycles. The first-order chi connectivity index (χ1) is 13.7. The van der Waals surface area contributed by atoms with E-state index in [-0.39, 0.29) is 5.91 Å². The Bertz CT molecular complexity index is 1040. The summed E-state index contributed by atoms with van der Waals surface area (Å²) in [6, 6.07) is 7.95. The minimum Gasteiger partial charge on any atom is -0.354 e. The first-order valence-electron chi connectivity index (χ1n) is 10.0. The second-order valence-electron chi connectivity index (χ2n) is 7.84. The lowest BCUT2D eigenvalue weighted by Gasteiger charge is -2.40. The lowest BCUT2D eigenvalue weighted by molar-refractivity contribution is 0.0938. The summed E-state index contributed by atoms with van der Waals surface area (Å²) in [6.07, 6.45) is 6.52. The zero-order valence-corrected chi connectivity index (χ0v) is 16.1. The van der Waals surface area contributed by atoms with Crippen LogP contribution in [0.25, 0.3) is 5.65 Å². The number of rotatable bonds is 4. The number of pyridine rings is 1. The van der Waals surface area contributed by atoms with Crippen molar-refractivity contribution in [3.8, 4) is 0 Å². The highest BCUT2D eigenvalue weighted by atomic mass is 16.1. The van der Waals surface area contributed by atoms with E-state index < -0.39 is 0 Å². The van der Waals surface area contributed by atoms with E-state index >= 15 is 0 Å². The van der Waals surface area contributed by atoms with Gasteiger partial charge in [-0.25, -0.2) is 4.98 Å². The molecule has 1 aliphatic carbocycles. The van der Waals surface area contributed by atoms with Gasteiger partial charge in [0.1, 0.15) is 11.3 Å². The number of nitrogens with one attached hydrogen (secondary N) is 1. The smallest absolute Gasteiger partial charge is 0.270 e. The number of carbonyl (C=O) groups excluding carboxylic acids is 1. The molecule has 1 amide bonds. The molecule has 5 rings (SSSR count). The number of carbonyl (C=O) groups is 1. The zero-order chi connectivity index (χ0) is 19.1. The Hall–Kier alpha value is -2.96. The number of nitrogens with zero attached hydrogens (tertiary/aromatic N) is 5. The normalized spacial score (nSPS) is 16.7. The molecule has 1 fully saturated rings. The molecule has 0 saturated carbocycles. The average Bonchev–Trinajstić information content (AvgIpc) is 3.02. The summed E-state index contributed by atoms with van der Waals surface area (Å²) in [7, 11) is 0. The predicted molar refractivity (Wildman–Crippen MR) is 107 cm³/mol. The molecule has 0 radical (unpaired) electrons. The number of fused-ring (bicyclic) bond motifs is 2. The summed E-state index contributed by atoms with van der Waals surface area (Å²) in [5, 5.41) is 11.9. The summed E-state index contributed by atoms with van der Waals surface area (Å²) >= 11 is 0. The van der Waals surface area contributed by atoms with Gasteiger partial charge in [0.25, 0.3) is 5.91 Å². The second kappa shape index (κ2) is 6.89. The van der Waals surface area contributed by atoms with E-state index in [0.717, 1.165) is 43.1 Å². The Morgan fingerprint density at radius 2 is 2.07 bits per heavy atom. The fourth-order valence-corrected chi connectivity index (χ4v) is 4.23. The summed E-state index contributed by atoms with van der Waals surface area (Å²) in [5.41, 5.74) is 4.69. The number of hydrogen-bond donors (Lipinski definition) is 1. The topological polar surface area (TPSA) is 75.4 Å². The van der Waals surface area contributed by atoms with E-state index in [4.69, 9.17) is 0 Å². The van der Waals surface area contributed by atoms with Gasteiger partial charge in [0, 0.05) is 31.7 Å². The maximum atomic E-state index is 12.7. The summed E-state index contributed by atoms with van der Waals surface area (Å²) < 4.78 is 1.85. The van der Waals surface area contributed by atoms with Crippen LogP contribution in [-0.2, 0) is 12.8 Å². The van der Waals surface area contributed by atoms with Crippen molar-refractivity contribution in [3.05, 3.63) is 53.1 Å². The minimum atomic E-state index is -0.0665. The van der Waals surface area contributed by atoms with E-state index in [1.54, 1.807) is 0 Å². The molecular weight excluding hydrogens is 352 g/mol. The lowest BCUT2D eigenvalue weighted by Crippen LogP contribution is -2.52. The lowest BCUT2D eigenvalue weighted by atomic mass is 9.95. The van der Waals surface area contributed by atoms with Gasteiger partial charge in [-0.2, -0.15) is 5.10 Å². The van der Waals surface area contributed by atoms with Crippen molar-refractivity contribution in [3.63, 3.8) is 0 Å². The predicted octanol–water partition coefficient (Wildman–Crippen LogP) is 2.18. The molecule has 0 spiro atoms. The van der Waals surface area contributed by atoms with Crippen LogP contribution in [0.3, 0.4) is 0 Å². The van der Waals surface area contributed by atoms with Gasteiger partial charge in [-0.05, 0) is 56.4 Å². The van der Waals surface area contributed by atoms with E-state index in [1.165, 1.54) is 24.1 Å². The van der Waals surface area contributed by atoms with Gasteiger partial charge in [0.2, 0.25) is 0 Å². The van der Waals surface area contributed by atoms with Gasteiger partial charge in [0.15, 0.2) is 5.82 Å². The van der Waals surface area contributed by atoms with Crippen LogP contribution in [0.4, 0.5) is 5.82 Å². The van der Waals surface area contributed by atoms with E-state index in [2.05, 4.69) is 31.5 Å². The SMILES string of the molecule is Cc1nc2ccccn2c1C(=O)NCC1CN(c2cc3c(nn2)CCCC3)C1. The highest BCUT2D eigenvalue weighted by Crippen LogP contribution is 2.26. The standard InChI is InChI=1S/C21H24N6O/c1-14-20(27-9-5-4-8-18(27)23-14)21(28)22-11-15-12-26(13-15)19-10-16-6-2-3-7-17(16)24-25-19/h4-5,8-10,15H,2-3,6-7,11-13H2,1H3,(H,22,28). The highest BCUT2D eigenvalue weighted by molar-refractivity contribution is 5.94. The maximum Gasteiger partial charge on any atom is 0.270 e. The van der Waals surface area contributed by atoms with Crippen molar-refractivity contribution in [2.45, 2.75) is 32.6 Å². The fourth-order valence-electron chi connectivity index (χ4n) is 4.23. The van der Waals surface area contributed by atoms with Crippen LogP contribution in [-0.4, -0.2) is 45.1 Å². The largest absolute Gasteiger partial charge is 0.354 e. The van der Waals surface area contributed by atoms with Crippen molar-refractivity contribution >= 4 is 17.4 Å². The Morgan fingerprint density at radius 1 is 1.21 bits per heavy atom. The quantitative estimate of drug-likeness (QED) is 0.755. The monoisotopic (exact) mass is 376 g/mol. The Morgan fingerprint density at radius 3 is 2.96 bits per heavy atom. The van der Waals surface area contributed by atoms with Crippen molar-refractivity contribution in [2.24, 2.45) is 5.92 Å². The molecule has 0 aromatic carbocycles. The van der Waals surface area contributed by atoms with Gasteiger partial charge < -0.3 is 10.2 Å². The number of amides is 1. The number of anilines is 1. The van der Waals surface area contributed by atoms with Gasteiger partial charge in [0.05, 0.1) is 11.4 Å². The molecule has 1 aliphatic heterocycles. The van der Waals surface area contributed by atoms with E-state index in [9.17, 15) is 4.79 Å². The van der Waals surface area contributed by atoms with Crippen LogP contribution >= 0.6 is 0 Å². The highest BCUT2D eigenvalue weighted by Gasteiger charge is 2.29. The van der Waals surface area contributed by atoms with E-state index in [1.807, 2.05) is 35.7 Å². The summed E-state index contributed by atoms with van der Waals surface area (Å²) in [5.74, 6) is 1.34. The molecule has 4 heterocycles. The Kier molecular flexibility index (Phi) is 4.22. The maximum absolute atomic E-state index is 12.7. The molecule has 0 atom stereocenters. The van der Waals surface area contributed by atoms with Crippen molar-refractivity contribution < 1.29 is 4.79 Å². The third kappa shape index (κ3) is 3.00. The molecule has 7 heteroatoms. The molecule has 2 aliphatic rings. The van der Waals surface area contributed by atoms with Crippen LogP contribution in [0.15, 0.2) is 30.5 Å². The van der Waals surface area contributed by atoms with Gasteiger partial charge in [-0.3, -0.25) is 9.20 Å². The number of aryl methyl sites for hydroxylation is 3. The first kappa shape index (κ1) is 17.2. The van der Waals surface area contributed by atoms with Gasteiger partial charge in [-0.1, -0.05) is 6.07 Å². The Balaban J connectivity index is 1.19. The van der Waals surface area contributed by atoms with Gasteiger partial charge >= 0.3 is 0 Å². The van der Waals surface area contributed by atoms with Crippen LogP contribution in [0, 0.1) is 12.8 Å². The summed E-state index contributed by atoms with van der Waals surface area (Å²) in [6.45, 7) is 4.34. The minimum absolute atomic E-state index is 0.0665. The van der Waals surface area contributed by atoms with Crippen molar-refractivity contribution in [1.82, 2.24) is 24.9 Å². The third-order valence-electron chi connectivity index (χ3n) is 5.81. The molecule has 0 bridgehead atoms. The number of hydrogen-bond acceptors (Lipinski definition) is 5. The first-order valence-corrected chi connectivity index (χ1v) is 10.0. The van der Waals surface area contributed by atoms with E-state index in [0.29, 0.717) is 18.2 Å². The van der Waals surface area contributed by atoms with Crippen molar-refractivity contribution in [1.29, 1.82) is 0 Å². The average molecular weight is 376 g/mol. The molecule has 0 unspecified atom stereocenters. The molecule has 7 nitrogen and oxygen atoms in total. The summed E-state index contributed by atoms with van der Waals surface area (Å²) in [4.78, 5) is 19.4. The Labute approximate surface area is 163 Å². The van der Waals surface area contributed by atoms with Crippen LogP contribution < -0.4 is 10.2 Å². The third-order valence-corrected chi connectivity index (χ3v) is 5.81. The zero-order valence-electron chi connectivity index (χ0n) is 16.1. The van der Waals surface area contributed by atoms with Crippen LogP contribution in [0.1, 0.15) is 40.3 Å². The molecular formula is C21H24N6O. The number of aromatic nitrogens is 4. The van der Waals surface area contributed by atoms with Crippen LogP contribution in [0.5, 0.6) is 0 Å². The molecule has 3 aromatic rings.